The minimum atomic E-state index is 0.0474. The fraction of sp³-hybridized carbons (Fsp3) is 0.529. The second kappa shape index (κ2) is 10.2. The quantitative estimate of drug-likeness (QED) is 0.406. The third-order valence-electron chi connectivity index (χ3n) is 3.21. The van der Waals surface area contributed by atoms with E-state index in [0.29, 0.717) is 25.5 Å². The van der Waals surface area contributed by atoms with Gasteiger partial charge in [0.15, 0.2) is 5.96 Å². The fourth-order valence-corrected chi connectivity index (χ4v) is 2.79. The molecule has 0 saturated carbocycles. The highest BCUT2D eigenvalue weighted by Gasteiger charge is 2.06. The molecular weight excluding hydrogens is 308 g/mol. The van der Waals surface area contributed by atoms with Crippen LogP contribution in [-0.2, 0) is 11.3 Å². The summed E-state index contributed by atoms with van der Waals surface area (Å²) in [7, 11) is 1.73. The summed E-state index contributed by atoms with van der Waals surface area (Å²) in [5.41, 5.74) is 2.50. The lowest BCUT2D eigenvalue weighted by molar-refractivity contribution is -0.121. The molecule has 0 fully saturated rings. The van der Waals surface area contributed by atoms with Crippen LogP contribution in [0, 0.1) is 6.92 Å². The molecule has 0 bridgehead atoms. The van der Waals surface area contributed by atoms with Crippen LogP contribution < -0.4 is 16.0 Å². The lowest BCUT2D eigenvalue weighted by Crippen LogP contribution is -2.39. The molecule has 0 aliphatic rings. The summed E-state index contributed by atoms with van der Waals surface area (Å²) >= 11 is 1.74. The lowest BCUT2D eigenvalue weighted by Gasteiger charge is -2.14. The molecular formula is C17H28N4OS. The number of aliphatic imine (C=N–C) groups is 1. The van der Waals surface area contributed by atoms with Crippen LogP contribution >= 0.6 is 11.8 Å². The number of benzene rings is 1. The SMILES string of the molecule is CN=C(NCCC(=O)NC(C)C)NCc1ccc(C)cc1SC. The molecule has 0 aliphatic carbocycles. The summed E-state index contributed by atoms with van der Waals surface area (Å²) in [5, 5.41) is 9.32. The van der Waals surface area contributed by atoms with Gasteiger partial charge < -0.3 is 16.0 Å². The molecule has 0 unspecified atom stereocenters. The summed E-state index contributed by atoms with van der Waals surface area (Å²) in [5.74, 6) is 0.751. The first kappa shape index (κ1) is 19.4. The summed E-state index contributed by atoms with van der Waals surface area (Å²) in [6.07, 6.45) is 2.51. The van der Waals surface area contributed by atoms with E-state index in [-0.39, 0.29) is 11.9 Å². The Kier molecular flexibility index (Phi) is 8.55. The van der Waals surface area contributed by atoms with Gasteiger partial charge in [0, 0.05) is 37.5 Å². The van der Waals surface area contributed by atoms with Crippen molar-refractivity contribution in [2.24, 2.45) is 4.99 Å². The maximum absolute atomic E-state index is 11.6. The predicted molar refractivity (Wildman–Crippen MR) is 99.1 cm³/mol. The van der Waals surface area contributed by atoms with Crippen molar-refractivity contribution in [3.63, 3.8) is 0 Å². The third-order valence-corrected chi connectivity index (χ3v) is 4.03. The van der Waals surface area contributed by atoms with E-state index < -0.39 is 0 Å². The number of thioether (sulfide) groups is 1. The molecule has 1 aromatic rings. The van der Waals surface area contributed by atoms with Crippen molar-refractivity contribution in [2.45, 2.75) is 44.7 Å². The van der Waals surface area contributed by atoms with Crippen LogP contribution in [0.3, 0.4) is 0 Å². The Balaban J connectivity index is 2.44. The third kappa shape index (κ3) is 7.41. The number of guanidine groups is 1. The van der Waals surface area contributed by atoms with Crippen LogP contribution in [0.1, 0.15) is 31.4 Å². The Bertz CT molecular complexity index is 543. The average Bonchev–Trinajstić information content (AvgIpc) is 2.50. The van der Waals surface area contributed by atoms with Crippen LogP contribution in [0.2, 0.25) is 0 Å². The molecule has 0 aliphatic heterocycles. The molecule has 3 N–H and O–H groups in total. The van der Waals surface area contributed by atoms with Crippen molar-refractivity contribution in [3.05, 3.63) is 29.3 Å². The zero-order chi connectivity index (χ0) is 17.2. The summed E-state index contributed by atoms with van der Waals surface area (Å²) in [6.45, 7) is 7.27. The molecule has 0 atom stereocenters. The zero-order valence-corrected chi connectivity index (χ0v) is 15.5. The van der Waals surface area contributed by atoms with E-state index in [1.54, 1.807) is 18.8 Å². The fourth-order valence-electron chi connectivity index (χ4n) is 2.09. The highest BCUT2D eigenvalue weighted by atomic mass is 32.2. The Hall–Kier alpha value is -1.69. The highest BCUT2D eigenvalue weighted by molar-refractivity contribution is 7.98. The van der Waals surface area contributed by atoms with Crippen LogP contribution in [-0.4, -0.2) is 37.8 Å². The number of hydrogen-bond donors (Lipinski definition) is 3. The maximum atomic E-state index is 11.6. The van der Waals surface area contributed by atoms with Crippen molar-refractivity contribution >= 4 is 23.6 Å². The largest absolute Gasteiger partial charge is 0.356 e. The van der Waals surface area contributed by atoms with E-state index in [1.807, 2.05) is 13.8 Å². The molecule has 1 amide bonds. The van der Waals surface area contributed by atoms with E-state index >= 15 is 0 Å². The van der Waals surface area contributed by atoms with Gasteiger partial charge in [-0.1, -0.05) is 12.1 Å². The van der Waals surface area contributed by atoms with Gasteiger partial charge >= 0.3 is 0 Å². The van der Waals surface area contributed by atoms with E-state index in [1.165, 1.54) is 16.0 Å². The van der Waals surface area contributed by atoms with Gasteiger partial charge in [-0.15, -0.1) is 11.8 Å². The van der Waals surface area contributed by atoms with Gasteiger partial charge in [-0.3, -0.25) is 9.79 Å². The number of aryl methyl sites for hydroxylation is 1. The number of carbonyl (C=O) groups is 1. The molecule has 0 radical (unpaired) electrons. The topological polar surface area (TPSA) is 65.5 Å². The van der Waals surface area contributed by atoms with Crippen LogP contribution in [0.25, 0.3) is 0 Å². The number of nitrogens with zero attached hydrogens (tertiary/aromatic N) is 1. The standard InChI is InChI=1S/C17H28N4OS/c1-12(2)21-16(22)8-9-19-17(18-4)20-11-14-7-6-13(3)10-15(14)23-5/h6-7,10,12H,8-9,11H2,1-5H3,(H,21,22)(H2,18,19,20). The highest BCUT2D eigenvalue weighted by Crippen LogP contribution is 2.21. The minimum Gasteiger partial charge on any atom is -0.356 e. The van der Waals surface area contributed by atoms with Crippen LogP contribution in [0.15, 0.2) is 28.1 Å². The van der Waals surface area contributed by atoms with Gasteiger partial charge in [0.25, 0.3) is 0 Å². The van der Waals surface area contributed by atoms with Crippen molar-refractivity contribution in [1.82, 2.24) is 16.0 Å². The first-order valence-corrected chi connectivity index (χ1v) is 9.06. The molecule has 0 heterocycles. The normalized spacial score (nSPS) is 11.5. The van der Waals surface area contributed by atoms with Gasteiger partial charge in [-0.2, -0.15) is 0 Å². The van der Waals surface area contributed by atoms with Crippen molar-refractivity contribution in [2.75, 3.05) is 19.8 Å². The molecule has 23 heavy (non-hydrogen) atoms. The Morgan fingerprint density at radius 1 is 1.30 bits per heavy atom. The Morgan fingerprint density at radius 2 is 2.04 bits per heavy atom. The van der Waals surface area contributed by atoms with Crippen LogP contribution in [0.4, 0.5) is 0 Å². The monoisotopic (exact) mass is 336 g/mol. The Morgan fingerprint density at radius 3 is 2.65 bits per heavy atom. The lowest BCUT2D eigenvalue weighted by atomic mass is 10.1. The van der Waals surface area contributed by atoms with E-state index in [2.05, 4.69) is 52.3 Å². The molecule has 0 saturated heterocycles. The van der Waals surface area contributed by atoms with E-state index in [9.17, 15) is 4.79 Å². The number of carbonyl (C=O) groups excluding carboxylic acids is 1. The average molecular weight is 337 g/mol. The molecule has 0 spiro atoms. The minimum absolute atomic E-state index is 0.0474. The molecule has 6 heteroatoms. The van der Waals surface area contributed by atoms with Crippen LogP contribution in [0.5, 0.6) is 0 Å². The zero-order valence-electron chi connectivity index (χ0n) is 14.7. The molecule has 128 valence electrons. The molecule has 0 aromatic heterocycles. The first-order valence-electron chi connectivity index (χ1n) is 7.83. The Labute approximate surface area is 143 Å². The van der Waals surface area contributed by atoms with Gasteiger partial charge in [-0.25, -0.2) is 0 Å². The molecule has 1 aromatic carbocycles. The van der Waals surface area contributed by atoms with Gasteiger partial charge in [0.2, 0.25) is 5.91 Å². The smallest absolute Gasteiger partial charge is 0.221 e. The first-order chi connectivity index (χ1) is 11.0. The summed E-state index contributed by atoms with van der Waals surface area (Å²) < 4.78 is 0. The molecule has 5 nitrogen and oxygen atoms in total. The van der Waals surface area contributed by atoms with Crippen molar-refractivity contribution < 1.29 is 4.79 Å². The molecule has 1 rings (SSSR count). The second-order valence-corrected chi connectivity index (χ2v) is 6.49. The van der Waals surface area contributed by atoms with Gasteiger partial charge in [0.05, 0.1) is 0 Å². The van der Waals surface area contributed by atoms with Crippen molar-refractivity contribution in [3.8, 4) is 0 Å². The summed E-state index contributed by atoms with van der Waals surface area (Å²) in [4.78, 5) is 17.1. The van der Waals surface area contributed by atoms with Gasteiger partial charge in [-0.05, 0) is 44.2 Å². The van der Waals surface area contributed by atoms with E-state index in [4.69, 9.17) is 0 Å². The predicted octanol–water partition coefficient (Wildman–Crippen LogP) is 2.30. The summed E-state index contributed by atoms with van der Waals surface area (Å²) in [6, 6.07) is 6.61. The maximum Gasteiger partial charge on any atom is 0.221 e. The van der Waals surface area contributed by atoms with Gasteiger partial charge in [0.1, 0.15) is 0 Å². The number of nitrogens with one attached hydrogen (secondary N) is 3. The number of hydrogen-bond acceptors (Lipinski definition) is 3. The van der Waals surface area contributed by atoms with Crippen molar-refractivity contribution in [1.29, 1.82) is 0 Å². The van der Waals surface area contributed by atoms with E-state index in [0.717, 1.165) is 0 Å². The number of rotatable bonds is 7. The number of amides is 1. The second-order valence-electron chi connectivity index (χ2n) is 5.64.